The molecule has 2 aromatic rings. The second kappa shape index (κ2) is 8.79. The zero-order chi connectivity index (χ0) is 16.1. The Morgan fingerprint density at radius 2 is 1.35 bits per heavy atom. The molecule has 0 fully saturated rings. The molecular formula is C20H24N2Ni. The monoisotopic (exact) mass is 350 g/mol. The molecule has 0 aromatic heterocycles. The quantitative estimate of drug-likeness (QED) is 0.491. The van der Waals surface area contributed by atoms with Gasteiger partial charge in [-0.2, -0.15) is 0 Å². The number of hydrogen-bond acceptors (Lipinski definition) is 2. The van der Waals surface area contributed by atoms with Crippen LogP contribution in [0.15, 0.2) is 46.4 Å². The average molecular weight is 351 g/mol. The molecule has 0 aliphatic heterocycles. The summed E-state index contributed by atoms with van der Waals surface area (Å²) in [5, 5.41) is 0. The molecular weight excluding hydrogens is 327 g/mol. The van der Waals surface area contributed by atoms with Crippen molar-refractivity contribution < 1.29 is 16.5 Å². The van der Waals surface area contributed by atoms with Crippen LogP contribution in [0.25, 0.3) is 0 Å². The van der Waals surface area contributed by atoms with E-state index < -0.39 is 0 Å². The fraction of sp³-hybridized carbons (Fsp3) is 0.300. The number of rotatable bonds is 4. The summed E-state index contributed by atoms with van der Waals surface area (Å²) < 4.78 is 0. The molecule has 0 spiro atoms. The third-order valence-electron chi connectivity index (χ3n) is 3.98. The maximum absolute atomic E-state index is 4.70. The van der Waals surface area contributed by atoms with Gasteiger partial charge < -0.3 is 0 Å². The molecule has 0 atom stereocenters. The minimum absolute atomic E-state index is 0. The summed E-state index contributed by atoms with van der Waals surface area (Å²) in [6, 6.07) is 12.5. The molecule has 0 saturated carbocycles. The summed E-state index contributed by atoms with van der Waals surface area (Å²) in [4.78, 5) is 9.26. The van der Waals surface area contributed by atoms with Gasteiger partial charge >= 0.3 is 0 Å². The van der Waals surface area contributed by atoms with Crippen LogP contribution in [0.2, 0.25) is 0 Å². The molecule has 0 amide bonds. The first kappa shape index (κ1) is 19.3. The maximum Gasteiger partial charge on any atom is 0.0636 e. The second-order valence-electron chi connectivity index (χ2n) is 5.75. The number of hydrogen-bond donors (Lipinski definition) is 0. The van der Waals surface area contributed by atoms with Crippen LogP contribution < -0.4 is 0 Å². The molecule has 2 nitrogen and oxygen atoms in total. The molecule has 2 aromatic carbocycles. The van der Waals surface area contributed by atoms with Crippen molar-refractivity contribution in [2.24, 2.45) is 9.98 Å². The normalized spacial score (nSPS) is 11.6. The Morgan fingerprint density at radius 1 is 0.826 bits per heavy atom. The van der Waals surface area contributed by atoms with Crippen molar-refractivity contribution >= 4 is 23.3 Å². The zero-order valence-electron chi connectivity index (χ0n) is 14.5. The Balaban J connectivity index is 0.00000264. The van der Waals surface area contributed by atoms with Gasteiger partial charge in [0.25, 0.3) is 0 Å². The molecule has 2 rings (SSSR count). The Morgan fingerprint density at radius 3 is 1.87 bits per heavy atom. The van der Waals surface area contributed by atoms with Gasteiger partial charge in [0, 0.05) is 22.7 Å². The van der Waals surface area contributed by atoms with E-state index in [2.05, 4.69) is 69.9 Å². The third-order valence-corrected chi connectivity index (χ3v) is 3.98. The first-order valence-corrected chi connectivity index (χ1v) is 7.75. The summed E-state index contributed by atoms with van der Waals surface area (Å²) in [7, 11) is 0. The fourth-order valence-electron chi connectivity index (χ4n) is 2.12. The molecule has 0 bridgehead atoms. The number of benzene rings is 2. The van der Waals surface area contributed by atoms with E-state index in [1.807, 2.05) is 12.3 Å². The van der Waals surface area contributed by atoms with E-state index in [1.54, 1.807) is 0 Å². The van der Waals surface area contributed by atoms with Crippen molar-refractivity contribution in [3.8, 4) is 0 Å². The van der Waals surface area contributed by atoms with Gasteiger partial charge in [0.15, 0.2) is 0 Å². The van der Waals surface area contributed by atoms with E-state index >= 15 is 0 Å². The van der Waals surface area contributed by atoms with E-state index in [9.17, 15) is 0 Å². The predicted molar refractivity (Wildman–Crippen MR) is 97.4 cm³/mol. The Hall–Kier alpha value is -1.73. The van der Waals surface area contributed by atoms with Crippen molar-refractivity contribution in [1.82, 2.24) is 0 Å². The van der Waals surface area contributed by atoms with Crippen LogP contribution in [0.1, 0.15) is 35.6 Å². The van der Waals surface area contributed by atoms with Crippen molar-refractivity contribution in [2.75, 3.05) is 0 Å². The van der Waals surface area contributed by atoms with Gasteiger partial charge in [-0.15, -0.1) is 0 Å². The zero-order valence-corrected chi connectivity index (χ0v) is 15.4. The second-order valence-corrected chi connectivity index (χ2v) is 5.75. The third kappa shape index (κ3) is 5.44. The number of aryl methyl sites for hydroxylation is 4. The molecule has 0 radical (unpaired) electrons. The Labute approximate surface area is 149 Å². The van der Waals surface area contributed by atoms with Gasteiger partial charge in [0.1, 0.15) is 0 Å². The van der Waals surface area contributed by atoms with Gasteiger partial charge in [0.05, 0.1) is 17.1 Å². The topological polar surface area (TPSA) is 24.7 Å². The molecule has 0 N–H and O–H groups in total. The van der Waals surface area contributed by atoms with Crippen molar-refractivity contribution in [3.63, 3.8) is 0 Å². The smallest absolute Gasteiger partial charge is 0.0636 e. The number of nitrogens with zero attached hydrogens (tertiary/aromatic N) is 2. The predicted octanol–water partition coefficient (Wildman–Crippen LogP) is 5.80. The fourth-order valence-corrected chi connectivity index (χ4v) is 2.12. The van der Waals surface area contributed by atoms with Crippen molar-refractivity contribution in [2.45, 2.75) is 41.0 Å². The van der Waals surface area contributed by atoms with E-state index in [0.717, 1.165) is 23.5 Å². The minimum atomic E-state index is 0. The summed E-state index contributed by atoms with van der Waals surface area (Å²) in [5.74, 6) is 0. The Bertz CT molecular complexity index is 730. The molecule has 0 aliphatic carbocycles. The first-order chi connectivity index (χ1) is 10.5. The molecule has 3 heteroatoms. The largest absolute Gasteiger partial charge is 0.255 e. The van der Waals surface area contributed by atoms with Crippen LogP contribution in [-0.2, 0) is 16.5 Å². The minimum Gasteiger partial charge on any atom is -0.255 e. The van der Waals surface area contributed by atoms with Crippen LogP contribution >= 0.6 is 0 Å². The summed E-state index contributed by atoms with van der Waals surface area (Å²) in [6.45, 7) is 10.6. The van der Waals surface area contributed by atoms with Crippen LogP contribution in [0.3, 0.4) is 0 Å². The molecule has 0 heterocycles. The molecule has 0 aliphatic rings. The van der Waals surface area contributed by atoms with Gasteiger partial charge in [0.2, 0.25) is 0 Å². The summed E-state index contributed by atoms with van der Waals surface area (Å²) >= 11 is 0. The van der Waals surface area contributed by atoms with Crippen LogP contribution in [0.4, 0.5) is 11.4 Å². The van der Waals surface area contributed by atoms with Gasteiger partial charge in [-0.05, 0) is 80.6 Å². The summed E-state index contributed by atoms with van der Waals surface area (Å²) in [5.41, 5.74) is 8.07. The standard InChI is InChI=1S/C20H24N2.Ni/c1-6-18(22-20-10-8-15(3)17(5)12-20)13-21-19-9-7-14(2)16(4)11-19;/h7-13H,6H2,1-5H3;/b21-13+,22-18+;. The molecule has 23 heavy (non-hydrogen) atoms. The number of aliphatic imine (C=N–C) groups is 2. The van der Waals surface area contributed by atoms with Crippen LogP contribution in [0.5, 0.6) is 0 Å². The molecule has 0 unspecified atom stereocenters. The van der Waals surface area contributed by atoms with Crippen LogP contribution in [0, 0.1) is 27.7 Å². The van der Waals surface area contributed by atoms with Crippen molar-refractivity contribution in [1.29, 1.82) is 0 Å². The maximum atomic E-state index is 4.70. The SMILES string of the molecule is CCC(/C=N/c1ccc(C)c(C)c1)=N\c1ccc(C)c(C)c1.[Ni]. The summed E-state index contributed by atoms with van der Waals surface area (Å²) in [6.07, 6.45) is 2.74. The molecule has 0 saturated heterocycles. The van der Waals surface area contributed by atoms with E-state index in [1.165, 1.54) is 22.3 Å². The Kier molecular flexibility index (Phi) is 7.38. The van der Waals surface area contributed by atoms with E-state index in [0.29, 0.717) is 0 Å². The molecule has 124 valence electrons. The van der Waals surface area contributed by atoms with Gasteiger partial charge in [-0.3, -0.25) is 9.98 Å². The van der Waals surface area contributed by atoms with E-state index in [-0.39, 0.29) is 16.5 Å². The van der Waals surface area contributed by atoms with E-state index in [4.69, 9.17) is 4.99 Å². The van der Waals surface area contributed by atoms with Crippen molar-refractivity contribution in [3.05, 3.63) is 58.7 Å². The van der Waals surface area contributed by atoms with Crippen LogP contribution in [-0.4, -0.2) is 11.9 Å². The average Bonchev–Trinajstić information content (AvgIpc) is 2.50. The van der Waals surface area contributed by atoms with Gasteiger partial charge in [-0.25, -0.2) is 0 Å². The first-order valence-electron chi connectivity index (χ1n) is 7.75. The van der Waals surface area contributed by atoms with Gasteiger partial charge in [-0.1, -0.05) is 19.1 Å².